The Morgan fingerprint density at radius 3 is 2.28 bits per heavy atom. The van der Waals surface area contributed by atoms with Crippen molar-refractivity contribution in [2.45, 2.75) is 94.3 Å². The summed E-state index contributed by atoms with van der Waals surface area (Å²) < 4.78 is 26.2. The molecule has 2 aliphatic rings. The van der Waals surface area contributed by atoms with E-state index in [4.69, 9.17) is 11.5 Å². The maximum absolute atomic E-state index is 14.4. The molecule has 1 saturated carbocycles. The van der Waals surface area contributed by atoms with Gasteiger partial charge in [-0.05, 0) is 57.4 Å². The molecule has 4 rings (SSSR count). The number of nitrogens with two attached hydrogens (primary N) is 2. The number of ketones is 1. The van der Waals surface area contributed by atoms with Gasteiger partial charge in [0.25, 0.3) is 17.7 Å². The van der Waals surface area contributed by atoms with Crippen molar-refractivity contribution < 1.29 is 42.3 Å². The first-order valence-electron chi connectivity index (χ1n) is 16.2. The molecule has 270 valence electrons. The Bertz CT molecular complexity index is 1790. The first kappa shape index (κ1) is 38.0. The van der Waals surface area contributed by atoms with Crippen LogP contribution in [0.25, 0.3) is 0 Å². The monoisotopic (exact) mass is 714 g/mol. The number of hydrogen-bond acceptors (Lipinski definition) is 11. The van der Waals surface area contributed by atoms with Crippen LogP contribution in [0.2, 0.25) is 0 Å². The third-order valence-electron chi connectivity index (χ3n) is 8.87. The fourth-order valence-electron chi connectivity index (χ4n) is 6.28. The van der Waals surface area contributed by atoms with Crippen LogP contribution in [0, 0.1) is 5.92 Å². The van der Waals surface area contributed by atoms with Crippen LogP contribution < -0.4 is 16.8 Å². The Labute approximate surface area is 288 Å². The Balaban J connectivity index is 1.71. The van der Waals surface area contributed by atoms with Crippen molar-refractivity contribution in [3.8, 4) is 0 Å². The van der Waals surface area contributed by atoms with Gasteiger partial charge in [0, 0.05) is 18.5 Å². The van der Waals surface area contributed by atoms with Gasteiger partial charge in [0.15, 0.2) is 9.84 Å². The van der Waals surface area contributed by atoms with Crippen LogP contribution in [-0.2, 0) is 39.4 Å². The second-order valence-electron chi connectivity index (χ2n) is 13.3. The third kappa shape index (κ3) is 9.03. The van der Waals surface area contributed by atoms with E-state index in [1.165, 1.54) is 48.7 Å². The normalized spacial score (nSPS) is 19.5. The maximum atomic E-state index is 14.4. The van der Waals surface area contributed by atoms with Gasteiger partial charge >= 0.3 is 0 Å². The topological polar surface area (TPSA) is 267 Å². The fraction of sp³-hybridized carbons (Fsp3) is 0.531. The van der Waals surface area contributed by atoms with Gasteiger partial charge in [0.2, 0.25) is 17.6 Å². The van der Waals surface area contributed by atoms with Crippen molar-refractivity contribution in [1.82, 2.24) is 25.2 Å². The number of benzene rings is 1. The number of carbonyl (C=O) groups excluding carboxylic acids is 6. The van der Waals surface area contributed by atoms with Crippen LogP contribution in [0.4, 0.5) is 0 Å². The Kier molecular flexibility index (Phi) is 11.7. The minimum Gasteiger partial charge on any atom is -0.384 e. The van der Waals surface area contributed by atoms with Crippen molar-refractivity contribution in [2.24, 2.45) is 22.4 Å². The van der Waals surface area contributed by atoms with Gasteiger partial charge in [-0.2, -0.15) is 0 Å². The zero-order valence-corrected chi connectivity index (χ0v) is 28.9. The summed E-state index contributed by atoms with van der Waals surface area (Å²) in [5.41, 5.74) is 8.95. The minimum absolute atomic E-state index is 0.0204. The summed E-state index contributed by atoms with van der Waals surface area (Å²) in [6.07, 6.45) is 5.94. The van der Waals surface area contributed by atoms with E-state index in [1.54, 1.807) is 0 Å². The standard InChI is InChI=1S/C32H42N8O9S/c1-18(27(42)28(34)43)36-30(45)24-14-21(40-25(15-35-38-40)32(2,3)47)16-39(24)31(46)23(13-19-7-5-4-6-8-19)37-29(44)20-9-11-22(12-10-20)50(48,49)17-26(33)41/h9-12,15,18-19,21,24,47H,4-8,13-14,16-17H2,1-3H3,(H2,33,41)(H2,34,43)(H,36,45)/t18?,21-,24-/m0/s1. The summed E-state index contributed by atoms with van der Waals surface area (Å²) in [5, 5.41) is 21.2. The molecule has 5 amide bonds. The Hall–Kier alpha value is -4.84. The van der Waals surface area contributed by atoms with Crippen molar-refractivity contribution >= 4 is 50.9 Å². The highest BCUT2D eigenvalue weighted by atomic mass is 32.2. The molecule has 50 heavy (non-hydrogen) atoms. The zero-order valence-electron chi connectivity index (χ0n) is 28.1. The number of aromatic nitrogens is 3. The molecule has 0 bridgehead atoms. The molecule has 18 heteroatoms. The second-order valence-corrected chi connectivity index (χ2v) is 15.3. The van der Waals surface area contributed by atoms with E-state index in [-0.39, 0.29) is 41.5 Å². The number of aliphatic imine (C=N–C) groups is 1. The molecular weight excluding hydrogens is 672 g/mol. The molecule has 3 atom stereocenters. The second kappa shape index (κ2) is 15.4. The first-order chi connectivity index (χ1) is 23.4. The van der Waals surface area contributed by atoms with Crippen LogP contribution >= 0.6 is 0 Å². The summed E-state index contributed by atoms with van der Waals surface area (Å²) >= 11 is 0. The average molecular weight is 715 g/mol. The smallest absolute Gasteiger partial charge is 0.287 e. The summed E-state index contributed by atoms with van der Waals surface area (Å²) in [6.45, 7) is 4.24. The predicted octanol–water partition coefficient (Wildman–Crippen LogP) is -0.283. The lowest BCUT2D eigenvalue weighted by Crippen LogP contribution is -2.52. The number of amides is 5. The summed E-state index contributed by atoms with van der Waals surface area (Å²) in [4.78, 5) is 81.6. The molecule has 0 spiro atoms. The molecule has 1 aromatic heterocycles. The number of nitrogens with zero attached hydrogens (tertiary/aromatic N) is 5. The number of likely N-dealkylation sites (tertiary alicyclic amines) is 1. The summed E-state index contributed by atoms with van der Waals surface area (Å²) in [5.74, 6) is -6.51. The van der Waals surface area contributed by atoms with Crippen LogP contribution in [0.1, 0.15) is 87.8 Å². The van der Waals surface area contributed by atoms with E-state index in [0.717, 1.165) is 44.2 Å². The number of carbonyl (C=O) groups is 6. The lowest BCUT2D eigenvalue weighted by Gasteiger charge is -2.27. The van der Waals surface area contributed by atoms with Crippen LogP contribution in [-0.4, -0.2) is 98.8 Å². The van der Waals surface area contributed by atoms with Gasteiger partial charge in [0.1, 0.15) is 23.1 Å². The van der Waals surface area contributed by atoms with Crippen molar-refractivity contribution in [2.75, 3.05) is 12.3 Å². The van der Waals surface area contributed by atoms with E-state index in [2.05, 4.69) is 20.6 Å². The van der Waals surface area contributed by atoms with Gasteiger partial charge in [-0.1, -0.05) is 37.3 Å². The maximum Gasteiger partial charge on any atom is 0.287 e. The van der Waals surface area contributed by atoms with Gasteiger partial charge in [-0.25, -0.2) is 18.1 Å². The van der Waals surface area contributed by atoms with Crippen LogP contribution in [0.3, 0.4) is 0 Å². The van der Waals surface area contributed by atoms with Gasteiger partial charge < -0.3 is 26.8 Å². The molecule has 1 aliphatic heterocycles. The molecule has 17 nitrogen and oxygen atoms in total. The van der Waals surface area contributed by atoms with E-state index >= 15 is 0 Å². The number of nitrogens with one attached hydrogen (secondary N) is 1. The predicted molar refractivity (Wildman–Crippen MR) is 177 cm³/mol. The number of Topliss-reactive ketones (excluding diaryl/α,β-unsaturated/α-hetero) is 1. The molecule has 1 aliphatic carbocycles. The Morgan fingerprint density at radius 1 is 1.06 bits per heavy atom. The van der Waals surface area contributed by atoms with Gasteiger partial charge in [-0.15, -0.1) is 5.10 Å². The average Bonchev–Trinajstić information content (AvgIpc) is 3.72. The van der Waals surface area contributed by atoms with E-state index in [1.807, 2.05) is 0 Å². The van der Waals surface area contributed by atoms with Gasteiger partial charge in [0.05, 0.1) is 28.9 Å². The summed E-state index contributed by atoms with van der Waals surface area (Å²) in [7, 11) is -4.03. The highest BCUT2D eigenvalue weighted by Gasteiger charge is 2.44. The van der Waals surface area contributed by atoms with Crippen molar-refractivity contribution in [3.05, 3.63) is 41.7 Å². The number of primary amides is 2. The SMILES string of the molecule is CC(NC(=O)[C@@H]1C[C@H](n2nncc2C(C)(C)O)CN1C(=O)C(CC1CCCCC1)=NC(=O)c1ccc(S(=O)(=O)CC(N)=O)cc1)C(=O)C(N)=O. The van der Waals surface area contributed by atoms with Gasteiger partial charge in [-0.3, -0.25) is 28.8 Å². The number of rotatable bonds is 13. The Morgan fingerprint density at radius 2 is 1.70 bits per heavy atom. The molecule has 2 fully saturated rings. The fourth-order valence-corrected chi connectivity index (χ4v) is 7.37. The molecule has 1 unspecified atom stereocenters. The highest BCUT2D eigenvalue weighted by molar-refractivity contribution is 7.92. The highest BCUT2D eigenvalue weighted by Crippen LogP contribution is 2.33. The van der Waals surface area contributed by atoms with Crippen molar-refractivity contribution in [3.63, 3.8) is 0 Å². The molecule has 2 heterocycles. The van der Waals surface area contributed by atoms with Crippen LogP contribution in [0.15, 0.2) is 40.4 Å². The first-order valence-corrected chi connectivity index (χ1v) is 17.8. The lowest BCUT2D eigenvalue weighted by atomic mass is 9.85. The van der Waals surface area contributed by atoms with E-state index in [0.29, 0.717) is 5.69 Å². The molecule has 1 aromatic carbocycles. The molecule has 0 radical (unpaired) electrons. The van der Waals surface area contributed by atoms with Crippen LogP contribution in [0.5, 0.6) is 0 Å². The number of sulfone groups is 1. The summed E-state index contributed by atoms with van der Waals surface area (Å²) in [6, 6.07) is 1.54. The molecule has 1 saturated heterocycles. The lowest BCUT2D eigenvalue weighted by molar-refractivity contribution is -0.139. The molecule has 2 aromatic rings. The largest absolute Gasteiger partial charge is 0.384 e. The zero-order chi connectivity index (χ0) is 37.0. The van der Waals surface area contributed by atoms with Crippen molar-refractivity contribution in [1.29, 1.82) is 0 Å². The van der Waals surface area contributed by atoms with E-state index < -0.39 is 74.6 Å². The quantitative estimate of drug-likeness (QED) is 0.155. The number of aliphatic hydroxyl groups is 1. The van der Waals surface area contributed by atoms with E-state index in [9.17, 15) is 42.3 Å². The number of hydrogen-bond donors (Lipinski definition) is 4. The molecule has 6 N–H and O–H groups in total. The molecular formula is C32H42N8O9S. The third-order valence-corrected chi connectivity index (χ3v) is 10.5. The minimum atomic E-state index is -4.03.